The minimum Gasteiger partial charge on any atom is -0.241 e. The number of halogens is 3. The fourth-order valence-electron chi connectivity index (χ4n) is 2.25. The van der Waals surface area contributed by atoms with Crippen LogP contribution < -0.4 is 0 Å². The molecule has 1 fully saturated rings. The molecular weight excluding hydrogens is 519 g/mol. The Balaban J connectivity index is 0.000000324. The van der Waals surface area contributed by atoms with Gasteiger partial charge < -0.3 is 0 Å². The third-order valence-corrected chi connectivity index (χ3v) is 5.55. The summed E-state index contributed by atoms with van der Waals surface area (Å²) in [5.41, 5.74) is 0. The molecule has 21 heavy (non-hydrogen) atoms. The first kappa shape index (κ1) is 18.9. The molecule has 1 aliphatic rings. The largest absolute Gasteiger partial charge is 2.00 e. The number of hydrogen-bond acceptors (Lipinski definition) is 0. The van der Waals surface area contributed by atoms with Crippen molar-refractivity contribution in [2.24, 2.45) is 0 Å². The van der Waals surface area contributed by atoms with Crippen molar-refractivity contribution in [2.45, 2.75) is 23.9 Å². The summed E-state index contributed by atoms with van der Waals surface area (Å²) in [6.45, 7) is 1.77. The smallest absolute Gasteiger partial charge is 0.241 e. The molecule has 0 unspecified atom stereocenters. The maximum Gasteiger partial charge on any atom is 2.00 e. The molecule has 0 atom stereocenters. The van der Waals surface area contributed by atoms with E-state index in [0.717, 1.165) is 0 Å². The molecule has 3 rings (SSSR count). The molecule has 1 heterocycles. The molecule has 0 aliphatic carbocycles. The second-order valence-corrected chi connectivity index (χ2v) is 6.85. The Morgan fingerprint density at radius 1 is 1.05 bits per heavy atom. The van der Waals surface area contributed by atoms with Crippen LogP contribution in [-0.2, 0) is 10.9 Å². The van der Waals surface area contributed by atoms with Crippen LogP contribution in [0.3, 0.4) is 0 Å². The van der Waals surface area contributed by atoms with E-state index in [-0.39, 0.29) is 31.1 Å². The van der Waals surface area contributed by atoms with Crippen molar-refractivity contribution in [1.82, 2.24) is 0 Å². The molecule has 0 bridgehead atoms. The molecule has 0 saturated carbocycles. The SMILES string of the molecule is [CH2-]C(F)(F)F.[U+2].[c-]1ccc([S+]2CCCC2)c2ccccc12. The number of benzene rings is 2. The molecule has 0 aromatic heterocycles. The van der Waals surface area contributed by atoms with Crippen molar-refractivity contribution < 1.29 is 44.3 Å². The monoisotopic (exact) mass is 535 g/mol. The third-order valence-electron chi connectivity index (χ3n) is 3.01. The predicted molar refractivity (Wildman–Crippen MR) is 78.8 cm³/mol. The van der Waals surface area contributed by atoms with Gasteiger partial charge in [-0.1, -0.05) is 23.6 Å². The second kappa shape index (κ2) is 8.51. The Bertz CT molecular complexity index is 551. The Morgan fingerprint density at radius 2 is 1.62 bits per heavy atom. The van der Waals surface area contributed by atoms with Gasteiger partial charge in [-0.2, -0.15) is 0 Å². The number of hydrogen-bond donors (Lipinski definition) is 0. The molecule has 2 aromatic rings. The van der Waals surface area contributed by atoms with Gasteiger partial charge in [0.15, 0.2) is 0 Å². The first-order valence-electron chi connectivity index (χ1n) is 6.44. The van der Waals surface area contributed by atoms with E-state index in [4.69, 9.17) is 0 Å². The maximum absolute atomic E-state index is 10.2. The van der Waals surface area contributed by atoms with Gasteiger partial charge >= 0.3 is 31.1 Å². The van der Waals surface area contributed by atoms with Crippen molar-refractivity contribution in [2.75, 3.05) is 11.5 Å². The van der Waals surface area contributed by atoms with Gasteiger partial charge in [-0.3, -0.25) is 0 Å². The first-order chi connectivity index (χ1) is 9.45. The van der Waals surface area contributed by atoms with E-state index in [1.165, 1.54) is 35.1 Å². The van der Waals surface area contributed by atoms with Gasteiger partial charge in [-0.15, -0.1) is 29.7 Å². The summed E-state index contributed by atoms with van der Waals surface area (Å²) >= 11 is 0. The molecular formula is C16H16F3SU+. The Hall–Kier alpha value is -0.108. The second-order valence-electron chi connectivity index (χ2n) is 4.61. The average molecular weight is 535 g/mol. The Morgan fingerprint density at radius 3 is 2.24 bits per heavy atom. The van der Waals surface area contributed by atoms with Gasteiger partial charge in [-0.05, 0) is 12.8 Å². The van der Waals surface area contributed by atoms with Crippen molar-refractivity contribution in [3.63, 3.8) is 0 Å². The standard InChI is InChI=1S/C14H14S.C2H2F3.U/c1-2-8-13-12(6-1)7-5-9-14(13)15-10-3-4-11-15;1-2(3,4)5;/h1-2,5-6,8-9H,3-4,10-11H2;1H2;/q;-1;+2. The fraction of sp³-hybridized carbons (Fsp3) is 0.312. The van der Waals surface area contributed by atoms with Gasteiger partial charge in [-0.25, -0.2) is 20.1 Å². The van der Waals surface area contributed by atoms with Gasteiger partial charge in [0, 0.05) is 10.9 Å². The van der Waals surface area contributed by atoms with E-state index in [1.807, 2.05) is 0 Å². The third kappa shape index (κ3) is 6.26. The summed E-state index contributed by atoms with van der Waals surface area (Å²) < 4.78 is 30.7. The van der Waals surface area contributed by atoms with E-state index in [1.54, 1.807) is 11.8 Å². The van der Waals surface area contributed by atoms with Crippen LogP contribution in [0.5, 0.6) is 0 Å². The maximum atomic E-state index is 10.2. The Kier molecular flexibility index (Phi) is 7.67. The van der Waals surface area contributed by atoms with Crippen LogP contribution in [0.15, 0.2) is 41.3 Å². The molecule has 0 radical (unpaired) electrons. The quantitative estimate of drug-likeness (QED) is 0.364. The molecule has 1 aliphatic heterocycles. The van der Waals surface area contributed by atoms with Gasteiger partial charge in [0.2, 0.25) is 0 Å². The summed E-state index contributed by atoms with van der Waals surface area (Å²) in [4.78, 5) is 1.57. The number of rotatable bonds is 1. The molecule has 2 aromatic carbocycles. The molecule has 1 saturated heterocycles. The number of fused-ring (bicyclic) bond motifs is 1. The average Bonchev–Trinajstić information content (AvgIpc) is 2.90. The topological polar surface area (TPSA) is 0 Å². The van der Waals surface area contributed by atoms with E-state index < -0.39 is 6.18 Å². The molecule has 0 nitrogen and oxygen atoms in total. The summed E-state index contributed by atoms with van der Waals surface area (Å²) in [5, 5.41) is 2.69. The van der Waals surface area contributed by atoms with Crippen LogP contribution in [0, 0.1) is 44.1 Å². The zero-order valence-corrected chi connectivity index (χ0v) is 16.5. The molecule has 5 heteroatoms. The van der Waals surface area contributed by atoms with E-state index >= 15 is 0 Å². The summed E-state index contributed by atoms with van der Waals surface area (Å²) in [5.74, 6) is 2.79. The first-order valence-corrected chi connectivity index (χ1v) is 8.00. The summed E-state index contributed by atoms with van der Waals surface area (Å²) in [7, 11) is 0.515. The van der Waals surface area contributed by atoms with Gasteiger partial charge in [0.1, 0.15) is 11.5 Å². The normalized spacial score (nSPS) is 15.2. The van der Waals surface area contributed by atoms with Crippen LogP contribution in [0.4, 0.5) is 13.2 Å². The van der Waals surface area contributed by atoms with Crippen LogP contribution in [-0.4, -0.2) is 17.7 Å². The summed E-state index contributed by atoms with van der Waals surface area (Å²) in [6, 6.07) is 16.3. The fourth-order valence-corrected chi connectivity index (χ4v) is 4.75. The van der Waals surface area contributed by atoms with Crippen LogP contribution >= 0.6 is 0 Å². The molecule has 0 spiro atoms. The summed E-state index contributed by atoms with van der Waals surface area (Å²) in [6.07, 6.45) is -1.42. The number of alkyl halides is 3. The van der Waals surface area contributed by atoms with Crippen LogP contribution in [0.25, 0.3) is 10.8 Å². The van der Waals surface area contributed by atoms with Gasteiger partial charge in [0.25, 0.3) is 6.18 Å². The zero-order chi connectivity index (χ0) is 14.6. The molecule has 0 N–H and O–H groups in total. The van der Waals surface area contributed by atoms with Crippen molar-refractivity contribution in [3.05, 3.63) is 49.4 Å². The molecule has 110 valence electrons. The van der Waals surface area contributed by atoms with E-state index in [2.05, 4.69) is 42.5 Å². The van der Waals surface area contributed by atoms with Crippen molar-refractivity contribution >= 4 is 21.7 Å². The minimum atomic E-state index is -4.25. The van der Waals surface area contributed by atoms with Gasteiger partial charge in [0.05, 0.1) is 4.90 Å². The predicted octanol–water partition coefficient (Wildman–Crippen LogP) is 4.79. The minimum absolute atomic E-state index is 0. The van der Waals surface area contributed by atoms with E-state index in [0.29, 0.717) is 10.9 Å². The molecule has 0 amide bonds. The zero-order valence-electron chi connectivity index (χ0n) is 11.5. The van der Waals surface area contributed by atoms with Crippen LogP contribution in [0.1, 0.15) is 12.8 Å². The van der Waals surface area contributed by atoms with Crippen LogP contribution in [0.2, 0.25) is 0 Å². The van der Waals surface area contributed by atoms with Crippen molar-refractivity contribution in [3.8, 4) is 0 Å². The van der Waals surface area contributed by atoms with Crippen molar-refractivity contribution in [1.29, 1.82) is 0 Å². The Labute approximate surface area is 150 Å². The van der Waals surface area contributed by atoms with E-state index in [9.17, 15) is 13.2 Å².